The maximum absolute atomic E-state index is 11.6. The number of hydrogen-bond donors (Lipinski definition) is 0. The van der Waals surface area contributed by atoms with Crippen LogP contribution in [0.2, 0.25) is 0 Å². The highest BCUT2D eigenvalue weighted by molar-refractivity contribution is 6.05. The van der Waals surface area contributed by atoms with Gasteiger partial charge >= 0.3 is 0 Å². The molecular formula is C14H14O2. The zero-order valence-electron chi connectivity index (χ0n) is 9.27. The van der Waals surface area contributed by atoms with Crippen molar-refractivity contribution >= 4 is 11.6 Å². The minimum Gasteiger partial charge on any atom is -0.295 e. The molecule has 0 N–H and O–H groups in total. The molecule has 2 heteroatoms. The van der Waals surface area contributed by atoms with Gasteiger partial charge in [-0.05, 0) is 31.1 Å². The zero-order valence-corrected chi connectivity index (χ0v) is 9.27. The average molecular weight is 214 g/mol. The summed E-state index contributed by atoms with van der Waals surface area (Å²) in [4.78, 5) is 22.8. The van der Waals surface area contributed by atoms with E-state index in [0.717, 1.165) is 5.56 Å². The summed E-state index contributed by atoms with van der Waals surface area (Å²) in [5, 5.41) is 0. The van der Waals surface area contributed by atoms with Gasteiger partial charge in [-0.15, -0.1) is 0 Å². The molecule has 0 aromatic heterocycles. The third-order valence-electron chi connectivity index (χ3n) is 2.89. The Kier molecular flexibility index (Phi) is 3.00. The summed E-state index contributed by atoms with van der Waals surface area (Å²) in [7, 11) is 0. The summed E-state index contributed by atoms with van der Waals surface area (Å²) in [6.45, 7) is 2.03. The molecule has 1 aromatic rings. The van der Waals surface area contributed by atoms with Gasteiger partial charge in [0.15, 0.2) is 11.6 Å². The molecule has 0 amide bonds. The lowest BCUT2D eigenvalue weighted by Crippen LogP contribution is -2.22. The van der Waals surface area contributed by atoms with Gasteiger partial charge in [-0.1, -0.05) is 29.8 Å². The molecule has 1 aliphatic rings. The van der Waals surface area contributed by atoms with Crippen molar-refractivity contribution in [2.24, 2.45) is 5.92 Å². The Morgan fingerprint density at radius 2 is 1.81 bits per heavy atom. The quantitative estimate of drug-likeness (QED) is 0.756. The van der Waals surface area contributed by atoms with Crippen LogP contribution in [0.3, 0.4) is 0 Å². The molecule has 1 aliphatic carbocycles. The van der Waals surface area contributed by atoms with Crippen LogP contribution in [-0.4, -0.2) is 11.6 Å². The average Bonchev–Trinajstić information content (AvgIpc) is 2.27. The largest absolute Gasteiger partial charge is 0.295 e. The molecule has 1 atom stereocenters. The van der Waals surface area contributed by atoms with Crippen LogP contribution in [0.4, 0.5) is 0 Å². The highest BCUT2D eigenvalue weighted by Crippen LogP contribution is 2.18. The van der Waals surface area contributed by atoms with Gasteiger partial charge in [0.1, 0.15) is 0 Å². The number of ketones is 2. The lowest BCUT2D eigenvalue weighted by atomic mass is 9.87. The normalized spacial score (nSPS) is 20.2. The lowest BCUT2D eigenvalue weighted by molar-refractivity contribution is -0.124. The first-order chi connectivity index (χ1) is 7.65. The van der Waals surface area contributed by atoms with Crippen LogP contribution >= 0.6 is 0 Å². The Balaban J connectivity index is 2.10. The van der Waals surface area contributed by atoms with Crippen LogP contribution in [0.25, 0.3) is 0 Å². The standard InChI is InChI=1S/C14H14O2/c1-10-2-4-11(5-3-10)8-12-9-13(15)6-7-14(12)16/h2-7,12H,8-9H2,1H3. The van der Waals surface area contributed by atoms with Crippen LogP contribution < -0.4 is 0 Å². The monoisotopic (exact) mass is 214 g/mol. The van der Waals surface area contributed by atoms with Crippen molar-refractivity contribution in [1.82, 2.24) is 0 Å². The second kappa shape index (κ2) is 4.44. The fourth-order valence-corrected chi connectivity index (χ4v) is 1.90. The van der Waals surface area contributed by atoms with Crippen molar-refractivity contribution in [3.05, 3.63) is 47.5 Å². The molecule has 2 rings (SSSR count). The SMILES string of the molecule is Cc1ccc(CC2CC(=O)C=CC2=O)cc1. The smallest absolute Gasteiger partial charge is 0.159 e. The van der Waals surface area contributed by atoms with Gasteiger partial charge in [0.2, 0.25) is 0 Å². The van der Waals surface area contributed by atoms with Gasteiger partial charge in [0, 0.05) is 12.3 Å². The third kappa shape index (κ3) is 2.45. The Morgan fingerprint density at radius 1 is 1.12 bits per heavy atom. The van der Waals surface area contributed by atoms with Crippen molar-refractivity contribution in [2.45, 2.75) is 19.8 Å². The number of rotatable bonds is 2. The molecule has 0 spiro atoms. The molecule has 0 saturated carbocycles. The van der Waals surface area contributed by atoms with E-state index in [9.17, 15) is 9.59 Å². The van der Waals surface area contributed by atoms with Crippen LogP contribution in [0, 0.1) is 12.8 Å². The van der Waals surface area contributed by atoms with E-state index in [-0.39, 0.29) is 17.5 Å². The van der Waals surface area contributed by atoms with Crippen molar-refractivity contribution in [1.29, 1.82) is 0 Å². The highest BCUT2D eigenvalue weighted by Gasteiger charge is 2.22. The number of carbonyl (C=O) groups excluding carboxylic acids is 2. The molecular weight excluding hydrogens is 200 g/mol. The van der Waals surface area contributed by atoms with Gasteiger partial charge in [-0.2, -0.15) is 0 Å². The van der Waals surface area contributed by atoms with Gasteiger partial charge in [0.05, 0.1) is 0 Å². The minimum atomic E-state index is -0.166. The molecule has 0 saturated heterocycles. The molecule has 1 aromatic carbocycles. The fraction of sp³-hybridized carbons (Fsp3) is 0.286. The molecule has 2 nitrogen and oxygen atoms in total. The predicted molar refractivity (Wildman–Crippen MR) is 62.1 cm³/mol. The van der Waals surface area contributed by atoms with Crippen molar-refractivity contribution in [2.75, 3.05) is 0 Å². The third-order valence-corrected chi connectivity index (χ3v) is 2.89. The Labute approximate surface area is 95.0 Å². The molecule has 82 valence electrons. The summed E-state index contributed by atoms with van der Waals surface area (Å²) in [6, 6.07) is 8.09. The molecule has 0 aliphatic heterocycles. The summed E-state index contributed by atoms with van der Waals surface area (Å²) in [6.07, 6.45) is 3.80. The maximum atomic E-state index is 11.6. The fourth-order valence-electron chi connectivity index (χ4n) is 1.90. The zero-order chi connectivity index (χ0) is 11.5. The number of benzene rings is 1. The van der Waals surface area contributed by atoms with Crippen LogP contribution in [0.5, 0.6) is 0 Å². The van der Waals surface area contributed by atoms with Crippen molar-refractivity contribution in [3.8, 4) is 0 Å². The van der Waals surface area contributed by atoms with E-state index in [4.69, 9.17) is 0 Å². The molecule has 0 bridgehead atoms. The second-order valence-electron chi connectivity index (χ2n) is 4.29. The van der Waals surface area contributed by atoms with Gasteiger partial charge in [-0.3, -0.25) is 9.59 Å². The molecule has 0 radical (unpaired) electrons. The Morgan fingerprint density at radius 3 is 2.50 bits per heavy atom. The van der Waals surface area contributed by atoms with E-state index in [0.29, 0.717) is 12.8 Å². The van der Waals surface area contributed by atoms with Gasteiger partial charge in [-0.25, -0.2) is 0 Å². The van der Waals surface area contributed by atoms with Crippen LogP contribution in [0.15, 0.2) is 36.4 Å². The molecule has 1 unspecified atom stereocenters. The van der Waals surface area contributed by atoms with E-state index in [2.05, 4.69) is 0 Å². The lowest BCUT2D eigenvalue weighted by Gasteiger charge is -2.15. The summed E-state index contributed by atoms with van der Waals surface area (Å²) in [5.74, 6) is -0.0444. The summed E-state index contributed by atoms with van der Waals surface area (Å²) >= 11 is 0. The van der Waals surface area contributed by atoms with E-state index < -0.39 is 0 Å². The number of hydrogen-bond acceptors (Lipinski definition) is 2. The molecule has 0 heterocycles. The molecule has 16 heavy (non-hydrogen) atoms. The first kappa shape index (κ1) is 10.8. The van der Waals surface area contributed by atoms with E-state index in [1.165, 1.54) is 17.7 Å². The summed E-state index contributed by atoms with van der Waals surface area (Å²) < 4.78 is 0. The Bertz CT molecular complexity index is 440. The van der Waals surface area contributed by atoms with Crippen LogP contribution in [-0.2, 0) is 16.0 Å². The second-order valence-corrected chi connectivity index (χ2v) is 4.29. The highest BCUT2D eigenvalue weighted by atomic mass is 16.1. The first-order valence-corrected chi connectivity index (χ1v) is 5.45. The number of aryl methyl sites for hydroxylation is 1. The van der Waals surface area contributed by atoms with Crippen molar-refractivity contribution in [3.63, 3.8) is 0 Å². The van der Waals surface area contributed by atoms with E-state index >= 15 is 0 Å². The molecule has 0 fully saturated rings. The topological polar surface area (TPSA) is 34.1 Å². The maximum Gasteiger partial charge on any atom is 0.159 e. The number of carbonyl (C=O) groups is 2. The van der Waals surface area contributed by atoms with Gasteiger partial charge < -0.3 is 0 Å². The minimum absolute atomic E-state index is 0.0525. The number of allylic oxidation sites excluding steroid dienone is 2. The van der Waals surface area contributed by atoms with Crippen LogP contribution in [0.1, 0.15) is 17.5 Å². The van der Waals surface area contributed by atoms with E-state index in [1.54, 1.807) is 0 Å². The Hall–Kier alpha value is -1.70. The summed E-state index contributed by atoms with van der Waals surface area (Å²) in [5.41, 5.74) is 2.32. The predicted octanol–water partition coefficient (Wildman–Crippen LogP) is 2.25. The van der Waals surface area contributed by atoms with Crippen molar-refractivity contribution < 1.29 is 9.59 Å². The first-order valence-electron chi connectivity index (χ1n) is 5.45. The van der Waals surface area contributed by atoms with E-state index in [1.807, 2.05) is 31.2 Å². The van der Waals surface area contributed by atoms with Gasteiger partial charge in [0.25, 0.3) is 0 Å².